The van der Waals surface area contributed by atoms with E-state index in [9.17, 15) is 0 Å². The van der Waals surface area contributed by atoms with Gasteiger partial charge in [0.05, 0.1) is 0 Å². The lowest BCUT2D eigenvalue weighted by Gasteiger charge is -2.27. The van der Waals surface area contributed by atoms with Crippen LogP contribution in [0.5, 0.6) is 0 Å². The maximum Gasteiger partial charge on any atom is 0.307 e. The SMILES string of the molecule is CCOC(CO)(OC)OC. The maximum absolute atomic E-state index is 8.73. The quantitative estimate of drug-likeness (QED) is 0.559. The molecule has 10 heavy (non-hydrogen) atoms. The highest BCUT2D eigenvalue weighted by Crippen LogP contribution is 2.10. The minimum atomic E-state index is -1.27. The van der Waals surface area contributed by atoms with Gasteiger partial charge in [0.2, 0.25) is 0 Å². The van der Waals surface area contributed by atoms with Gasteiger partial charge in [0.25, 0.3) is 0 Å². The van der Waals surface area contributed by atoms with Gasteiger partial charge < -0.3 is 19.3 Å². The van der Waals surface area contributed by atoms with Gasteiger partial charge in [-0.3, -0.25) is 0 Å². The topological polar surface area (TPSA) is 47.9 Å². The molecule has 0 aliphatic rings. The molecule has 0 bridgehead atoms. The van der Waals surface area contributed by atoms with Crippen LogP contribution in [0.1, 0.15) is 6.92 Å². The lowest BCUT2D eigenvalue weighted by atomic mass is 10.6. The van der Waals surface area contributed by atoms with Crippen molar-refractivity contribution in [3.05, 3.63) is 0 Å². The molecule has 0 rings (SSSR count). The van der Waals surface area contributed by atoms with E-state index in [1.54, 1.807) is 6.92 Å². The lowest BCUT2D eigenvalue weighted by Crippen LogP contribution is -2.40. The third kappa shape index (κ3) is 2.22. The van der Waals surface area contributed by atoms with Gasteiger partial charge in [-0.2, -0.15) is 0 Å². The van der Waals surface area contributed by atoms with E-state index in [0.29, 0.717) is 6.61 Å². The van der Waals surface area contributed by atoms with Gasteiger partial charge in [0.1, 0.15) is 6.61 Å². The number of hydrogen-bond acceptors (Lipinski definition) is 4. The van der Waals surface area contributed by atoms with Crippen LogP contribution >= 0.6 is 0 Å². The number of ether oxygens (including phenoxy) is 3. The fraction of sp³-hybridized carbons (Fsp3) is 1.00. The third-order valence-corrected chi connectivity index (χ3v) is 1.18. The summed E-state index contributed by atoms with van der Waals surface area (Å²) in [6.45, 7) is 1.92. The van der Waals surface area contributed by atoms with Gasteiger partial charge >= 0.3 is 5.97 Å². The molecule has 0 aliphatic carbocycles. The molecular weight excluding hydrogens is 136 g/mol. The molecule has 0 aliphatic heterocycles. The smallest absolute Gasteiger partial charge is 0.307 e. The van der Waals surface area contributed by atoms with E-state index in [0.717, 1.165) is 0 Å². The Bertz CT molecular complexity index is 71.6. The first-order valence-corrected chi connectivity index (χ1v) is 3.09. The van der Waals surface area contributed by atoms with Gasteiger partial charge in [-0.05, 0) is 6.92 Å². The highest BCUT2D eigenvalue weighted by atomic mass is 16.9. The Hall–Kier alpha value is -0.160. The molecule has 0 aromatic rings. The Morgan fingerprint density at radius 1 is 1.30 bits per heavy atom. The standard InChI is InChI=1S/C6H14O4/c1-4-10-6(5-7,8-2)9-3/h7H,4-5H2,1-3H3. The van der Waals surface area contributed by atoms with Gasteiger partial charge in [-0.1, -0.05) is 0 Å². The molecule has 62 valence electrons. The molecule has 0 unspecified atom stereocenters. The summed E-state index contributed by atoms with van der Waals surface area (Å²) in [7, 11) is 2.82. The summed E-state index contributed by atoms with van der Waals surface area (Å²) in [4.78, 5) is 0. The number of hydrogen-bond donors (Lipinski definition) is 1. The Morgan fingerprint density at radius 3 is 1.90 bits per heavy atom. The third-order valence-electron chi connectivity index (χ3n) is 1.18. The summed E-state index contributed by atoms with van der Waals surface area (Å²) in [5.41, 5.74) is 0. The van der Waals surface area contributed by atoms with Crippen LogP contribution in [0.4, 0.5) is 0 Å². The van der Waals surface area contributed by atoms with Crippen LogP contribution in [0.15, 0.2) is 0 Å². The number of aliphatic hydroxyl groups excluding tert-OH is 1. The van der Waals surface area contributed by atoms with Crippen molar-refractivity contribution in [3.63, 3.8) is 0 Å². The van der Waals surface area contributed by atoms with Gasteiger partial charge in [0.15, 0.2) is 0 Å². The first-order chi connectivity index (χ1) is 4.74. The van der Waals surface area contributed by atoms with Crippen molar-refractivity contribution in [1.82, 2.24) is 0 Å². The molecule has 0 fully saturated rings. The van der Waals surface area contributed by atoms with Crippen LogP contribution < -0.4 is 0 Å². The normalized spacial score (nSPS) is 12.0. The van der Waals surface area contributed by atoms with E-state index >= 15 is 0 Å². The average Bonchev–Trinajstić information content (AvgIpc) is 2.01. The van der Waals surface area contributed by atoms with Gasteiger partial charge in [-0.25, -0.2) is 0 Å². The summed E-state index contributed by atoms with van der Waals surface area (Å²) < 4.78 is 14.5. The second-order valence-corrected chi connectivity index (χ2v) is 1.68. The molecule has 1 N–H and O–H groups in total. The largest absolute Gasteiger partial charge is 0.388 e. The minimum absolute atomic E-state index is 0.312. The molecule has 0 radical (unpaired) electrons. The van der Waals surface area contributed by atoms with Crippen LogP contribution in [-0.2, 0) is 14.2 Å². The Morgan fingerprint density at radius 2 is 1.80 bits per heavy atom. The van der Waals surface area contributed by atoms with Crippen LogP contribution in [0.2, 0.25) is 0 Å². The highest BCUT2D eigenvalue weighted by Gasteiger charge is 2.28. The minimum Gasteiger partial charge on any atom is -0.388 e. The zero-order valence-electron chi connectivity index (χ0n) is 6.59. The predicted molar refractivity (Wildman–Crippen MR) is 35.5 cm³/mol. The van der Waals surface area contributed by atoms with E-state index in [-0.39, 0.29) is 6.61 Å². The van der Waals surface area contributed by atoms with E-state index < -0.39 is 5.97 Å². The zero-order valence-corrected chi connectivity index (χ0v) is 6.59. The maximum atomic E-state index is 8.73. The van der Waals surface area contributed by atoms with E-state index in [1.165, 1.54) is 14.2 Å². The molecule has 0 amide bonds. The zero-order chi connectivity index (χ0) is 8.04. The monoisotopic (exact) mass is 150 g/mol. The predicted octanol–water partition coefficient (Wildman–Crippen LogP) is -0.0382. The van der Waals surface area contributed by atoms with Crippen molar-refractivity contribution >= 4 is 0 Å². The molecule has 0 atom stereocenters. The van der Waals surface area contributed by atoms with Crippen molar-refractivity contribution in [3.8, 4) is 0 Å². The molecule has 0 spiro atoms. The Balaban J connectivity index is 3.87. The van der Waals surface area contributed by atoms with Crippen LogP contribution in [0, 0.1) is 0 Å². The van der Waals surface area contributed by atoms with Crippen molar-refractivity contribution in [2.45, 2.75) is 12.9 Å². The van der Waals surface area contributed by atoms with E-state index in [1.807, 2.05) is 0 Å². The van der Waals surface area contributed by atoms with Crippen molar-refractivity contribution < 1.29 is 19.3 Å². The molecule has 0 heterocycles. The Kier molecular flexibility index (Phi) is 4.55. The molecule has 0 saturated carbocycles. The molecule has 0 aromatic heterocycles. The fourth-order valence-corrected chi connectivity index (χ4v) is 0.596. The first-order valence-electron chi connectivity index (χ1n) is 3.09. The lowest BCUT2D eigenvalue weighted by molar-refractivity contribution is -0.372. The summed E-state index contributed by atoms with van der Waals surface area (Å²) in [6.07, 6.45) is 0. The first kappa shape index (κ1) is 9.84. The Labute approximate surface area is 60.7 Å². The van der Waals surface area contributed by atoms with Crippen LogP contribution in [0.25, 0.3) is 0 Å². The molecule has 0 saturated heterocycles. The van der Waals surface area contributed by atoms with Crippen LogP contribution in [-0.4, -0.2) is 38.5 Å². The summed E-state index contributed by atoms with van der Waals surface area (Å²) >= 11 is 0. The number of rotatable bonds is 5. The molecule has 4 heteroatoms. The van der Waals surface area contributed by atoms with Crippen LogP contribution in [0.3, 0.4) is 0 Å². The molecule has 4 nitrogen and oxygen atoms in total. The average molecular weight is 150 g/mol. The summed E-state index contributed by atoms with van der Waals surface area (Å²) in [5.74, 6) is -1.27. The van der Waals surface area contributed by atoms with E-state index in [2.05, 4.69) is 0 Å². The molecule has 0 aromatic carbocycles. The van der Waals surface area contributed by atoms with Gasteiger partial charge in [-0.15, -0.1) is 0 Å². The van der Waals surface area contributed by atoms with Crippen molar-refractivity contribution in [2.75, 3.05) is 27.4 Å². The van der Waals surface area contributed by atoms with Crippen molar-refractivity contribution in [1.29, 1.82) is 0 Å². The fourth-order valence-electron chi connectivity index (χ4n) is 0.596. The van der Waals surface area contributed by atoms with Gasteiger partial charge in [0, 0.05) is 20.8 Å². The van der Waals surface area contributed by atoms with E-state index in [4.69, 9.17) is 19.3 Å². The second-order valence-electron chi connectivity index (χ2n) is 1.68. The highest BCUT2D eigenvalue weighted by molar-refractivity contribution is 4.50. The summed E-state index contributed by atoms with van der Waals surface area (Å²) in [5, 5.41) is 8.73. The second kappa shape index (κ2) is 4.62. The number of aliphatic hydroxyl groups is 1. The summed E-state index contributed by atoms with van der Waals surface area (Å²) in [6, 6.07) is 0. The number of methoxy groups -OCH3 is 2. The molecular formula is C6H14O4. The van der Waals surface area contributed by atoms with Crippen molar-refractivity contribution in [2.24, 2.45) is 0 Å².